The average molecular weight is 647 g/mol. The van der Waals surface area contributed by atoms with Crippen molar-refractivity contribution in [1.82, 2.24) is 4.58 Å². The second-order valence-corrected chi connectivity index (χ2v) is 13.6. The molecule has 6 rings (SSSR count). The van der Waals surface area contributed by atoms with Crippen molar-refractivity contribution in [2.75, 3.05) is 18.0 Å². The standard InChI is InChI=1S/C36H38N2O3.ClHO4/c1-9-37-29-17-31-27(15-25(29)21(3)19-35(37,5)6)33(23-13-11-12-14-24(23)34(39)40)28-16-26-22(4)20-36(7,8)38(10-2)30(26)18-32(28)41-31;2-1(3,4)5/h11-20H,9-10H2,1-8H3;(H,2,3,4,5). The molecule has 46 heavy (non-hydrogen) atoms. The van der Waals surface area contributed by atoms with Gasteiger partial charge in [-0.2, -0.15) is 0 Å². The number of hydrogen-bond donors (Lipinski definition) is 1. The number of benzene rings is 3. The lowest BCUT2D eigenvalue weighted by Crippen LogP contribution is -2.68. The van der Waals surface area contributed by atoms with Crippen LogP contribution in [0.1, 0.15) is 88.0 Å². The van der Waals surface area contributed by atoms with Crippen LogP contribution in [-0.4, -0.2) is 35.2 Å². The van der Waals surface area contributed by atoms with Gasteiger partial charge in [0.05, 0.1) is 17.2 Å². The smallest absolute Gasteiger partial charge is 0.336 e. The van der Waals surface area contributed by atoms with Gasteiger partial charge in [-0.25, -0.2) is 28.0 Å². The van der Waals surface area contributed by atoms with E-state index < -0.39 is 16.2 Å². The molecule has 0 saturated carbocycles. The first-order valence-corrected chi connectivity index (χ1v) is 16.4. The van der Waals surface area contributed by atoms with Gasteiger partial charge in [0.15, 0.2) is 5.54 Å². The molecule has 0 radical (unpaired) electrons. The highest BCUT2D eigenvalue weighted by atomic mass is 35.7. The van der Waals surface area contributed by atoms with Gasteiger partial charge in [0, 0.05) is 59.6 Å². The van der Waals surface area contributed by atoms with Crippen LogP contribution in [0.15, 0.2) is 60.7 Å². The number of halogens is 1. The van der Waals surface area contributed by atoms with E-state index in [4.69, 9.17) is 23.4 Å². The van der Waals surface area contributed by atoms with E-state index in [0.717, 1.165) is 63.1 Å². The summed E-state index contributed by atoms with van der Waals surface area (Å²) in [7, 11) is -4.94. The molecule has 242 valence electrons. The zero-order chi connectivity index (χ0) is 33.9. The molecule has 0 bridgehead atoms. The number of carboxylic acid groups (broad SMARTS) is 1. The number of rotatable bonds is 4. The van der Waals surface area contributed by atoms with Gasteiger partial charge >= 0.3 is 5.97 Å². The van der Waals surface area contributed by atoms with Crippen molar-refractivity contribution >= 4 is 28.4 Å². The van der Waals surface area contributed by atoms with Crippen LogP contribution in [0.4, 0.5) is 5.69 Å². The fourth-order valence-corrected chi connectivity index (χ4v) is 7.37. The molecular weight excluding hydrogens is 608 g/mol. The van der Waals surface area contributed by atoms with E-state index in [1.165, 1.54) is 11.1 Å². The Balaban J connectivity index is 0.000000775. The number of anilines is 1. The first-order chi connectivity index (χ1) is 21.4. The van der Waals surface area contributed by atoms with E-state index in [2.05, 4.69) is 101 Å². The summed E-state index contributed by atoms with van der Waals surface area (Å²) < 4.78 is 43.2. The predicted molar refractivity (Wildman–Crippen MR) is 167 cm³/mol. The number of fused-ring (bicyclic) bond motifs is 4. The third-order valence-corrected chi connectivity index (χ3v) is 8.98. The second-order valence-electron chi connectivity index (χ2n) is 12.9. The van der Waals surface area contributed by atoms with Gasteiger partial charge in [0.1, 0.15) is 18.0 Å². The quantitative estimate of drug-likeness (QED) is 0.330. The number of hydrogen-bond acceptors (Lipinski definition) is 7. The van der Waals surface area contributed by atoms with Crippen molar-refractivity contribution in [3.8, 4) is 11.5 Å². The molecule has 3 aliphatic heterocycles. The second kappa shape index (κ2) is 11.7. The molecule has 10 heteroatoms. The van der Waals surface area contributed by atoms with E-state index in [-0.39, 0.29) is 16.6 Å². The first-order valence-electron chi connectivity index (χ1n) is 15.2. The molecule has 0 unspecified atom stereocenters. The lowest BCUT2D eigenvalue weighted by atomic mass is 9.83. The number of ether oxygens (including phenoxy) is 1. The summed E-state index contributed by atoms with van der Waals surface area (Å²) in [6.45, 7) is 19.4. The van der Waals surface area contributed by atoms with Gasteiger partial charge in [-0.05, 0) is 82.5 Å². The van der Waals surface area contributed by atoms with Crippen LogP contribution in [-0.2, 0) is 0 Å². The van der Waals surface area contributed by atoms with Crippen molar-refractivity contribution in [1.29, 1.82) is 0 Å². The topological polar surface area (TPSA) is 145 Å². The van der Waals surface area contributed by atoms with Crippen LogP contribution in [0.25, 0.3) is 16.7 Å². The monoisotopic (exact) mass is 646 g/mol. The minimum Gasteiger partial charge on any atom is -0.478 e. The number of nitrogens with zero attached hydrogens (tertiary/aromatic N) is 2. The molecule has 1 N–H and O–H groups in total. The predicted octanol–water partition coefficient (Wildman–Crippen LogP) is 1.71. The first kappa shape index (κ1) is 33.4. The average Bonchev–Trinajstić information content (AvgIpc) is 2.93. The summed E-state index contributed by atoms with van der Waals surface area (Å²) in [5, 5.41) is 12.3. The molecule has 0 spiro atoms. The fourth-order valence-electron chi connectivity index (χ4n) is 7.37. The Hall–Kier alpha value is -3.99. The summed E-state index contributed by atoms with van der Waals surface area (Å²) in [5.74, 6) is 0.560. The van der Waals surface area contributed by atoms with Crippen molar-refractivity contribution in [2.24, 2.45) is 0 Å². The van der Waals surface area contributed by atoms with Crippen LogP contribution in [0, 0.1) is 10.2 Å². The minimum absolute atomic E-state index is 0.134. The maximum Gasteiger partial charge on any atom is 0.336 e. The van der Waals surface area contributed by atoms with Gasteiger partial charge < -0.3 is 14.7 Å². The Labute approximate surface area is 271 Å². The number of carbonyl (C=O) groups is 1. The normalized spacial score (nSPS) is 17.3. The SMILES string of the molecule is CCN1c2cc3c(cc2C(C)=CC1(C)C)C(c1ccccc1C(=O)O)=c1cc2c(cc1O3)=[N+](CC)C(C)(C)C=C2C.[O-][Cl+3]([O-])([O-])[O-]. The molecule has 0 saturated heterocycles. The van der Waals surface area contributed by atoms with Crippen LogP contribution in [0.5, 0.6) is 11.5 Å². The minimum atomic E-state index is -4.94. The summed E-state index contributed by atoms with van der Waals surface area (Å²) in [4.78, 5) is 14.9. The fraction of sp³-hybridized carbons (Fsp3) is 0.333. The van der Waals surface area contributed by atoms with Crippen LogP contribution >= 0.6 is 0 Å². The van der Waals surface area contributed by atoms with Crippen molar-refractivity contribution in [3.05, 3.63) is 99.1 Å². The van der Waals surface area contributed by atoms with Crippen molar-refractivity contribution < 1.29 is 43.5 Å². The molecular formula is C36H39ClN2O7. The Kier molecular flexibility index (Phi) is 8.47. The van der Waals surface area contributed by atoms with E-state index >= 15 is 0 Å². The van der Waals surface area contributed by atoms with Crippen molar-refractivity contribution in [3.63, 3.8) is 0 Å². The van der Waals surface area contributed by atoms with Gasteiger partial charge in [-0.15, -0.1) is 10.2 Å². The zero-order valence-electron chi connectivity index (χ0n) is 27.4. The van der Waals surface area contributed by atoms with Gasteiger partial charge in [-0.1, -0.05) is 24.3 Å². The number of aromatic carboxylic acids is 1. The Morgan fingerprint density at radius 1 is 0.870 bits per heavy atom. The molecule has 0 aliphatic carbocycles. The summed E-state index contributed by atoms with van der Waals surface area (Å²) in [6, 6.07) is 16.0. The number of carboxylic acids is 1. The molecule has 3 aliphatic rings. The van der Waals surface area contributed by atoms with E-state index in [9.17, 15) is 9.90 Å². The lowest BCUT2D eigenvalue weighted by Gasteiger charge is -2.43. The Morgan fingerprint density at radius 3 is 2.11 bits per heavy atom. The molecule has 3 aromatic rings. The third-order valence-electron chi connectivity index (χ3n) is 8.98. The van der Waals surface area contributed by atoms with Crippen LogP contribution in [0.3, 0.4) is 0 Å². The molecule has 3 aromatic carbocycles. The maximum atomic E-state index is 12.5. The number of allylic oxidation sites excluding steroid dienone is 2. The molecule has 3 heterocycles. The van der Waals surface area contributed by atoms with E-state index in [1.54, 1.807) is 12.1 Å². The Morgan fingerprint density at radius 2 is 1.50 bits per heavy atom. The summed E-state index contributed by atoms with van der Waals surface area (Å²) in [6.07, 6.45) is 4.64. The zero-order valence-corrected chi connectivity index (χ0v) is 28.1. The van der Waals surface area contributed by atoms with Gasteiger partial charge in [0.25, 0.3) is 0 Å². The summed E-state index contributed by atoms with van der Waals surface area (Å²) >= 11 is 0. The summed E-state index contributed by atoms with van der Waals surface area (Å²) in [5.41, 5.74) is 8.37. The molecule has 0 amide bonds. The lowest BCUT2D eigenvalue weighted by molar-refractivity contribution is -2.00. The van der Waals surface area contributed by atoms with E-state index in [0.29, 0.717) is 5.56 Å². The molecule has 9 nitrogen and oxygen atoms in total. The Bertz CT molecular complexity index is 1950. The van der Waals surface area contributed by atoms with Crippen molar-refractivity contribution in [2.45, 2.75) is 66.5 Å². The maximum absolute atomic E-state index is 12.5. The van der Waals surface area contributed by atoms with E-state index in [1.807, 2.05) is 12.1 Å². The molecule has 0 fully saturated rings. The largest absolute Gasteiger partial charge is 0.478 e. The molecule has 0 atom stereocenters. The van der Waals surface area contributed by atoms with Crippen LogP contribution < -0.4 is 43.4 Å². The van der Waals surface area contributed by atoms with Crippen LogP contribution in [0.2, 0.25) is 0 Å². The molecule has 0 aromatic heterocycles. The number of likely N-dealkylation sites (N-methyl/N-ethyl adjacent to an activating group) is 2. The highest BCUT2D eigenvalue weighted by Gasteiger charge is 2.36. The van der Waals surface area contributed by atoms with Gasteiger partial charge in [-0.3, -0.25) is 0 Å². The highest BCUT2D eigenvalue weighted by Crippen LogP contribution is 2.46. The third kappa shape index (κ3) is 5.97. The highest BCUT2D eigenvalue weighted by molar-refractivity contribution is 5.99. The van der Waals surface area contributed by atoms with Gasteiger partial charge in [0.2, 0.25) is 5.36 Å².